The molecule has 2 aromatic carbocycles. The van der Waals surface area contributed by atoms with Gasteiger partial charge in [-0.3, -0.25) is 0 Å². The molecule has 0 amide bonds. The van der Waals surface area contributed by atoms with Gasteiger partial charge in [-0.25, -0.2) is 0 Å². The number of hydrogen-bond acceptors (Lipinski definition) is 4. The van der Waals surface area contributed by atoms with Crippen LogP contribution in [0.25, 0.3) is 0 Å². The molecule has 2 rings (SSSR count). The van der Waals surface area contributed by atoms with Crippen molar-refractivity contribution in [1.29, 1.82) is 0 Å². The van der Waals surface area contributed by atoms with E-state index in [1.165, 1.54) is 0 Å². The Bertz CT molecular complexity index is 542. The molecule has 0 aliphatic rings. The van der Waals surface area contributed by atoms with Crippen LogP contribution < -0.4 is 14.8 Å². The monoisotopic (exact) mass is 301 g/mol. The van der Waals surface area contributed by atoms with Gasteiger partial charge >= 0.3 is 0 Å². The molecule has 2 aromatic rings. The molecule has 0 radical (unpaired) electrons. The molecule has 0 spiro atoms. The summed E-state index contributed by atoms with van der Waals surface area (Å²) in [5.74, 6) is 1.59. The molecule has 0 fully saturated rings. The Morgan fingerprint density at radius 2 is 1.55 bits per heavy atom. The van der Waals surface area contributed by atoms with Crippen molar-refractivity contribution in [2.45, 2.75) is 12.2 Å². The summed E-state index contributed by atoms with van der Waals surface area (Å²) in [6.07, 6.45) is -0.276. The highest BCUT2D eigenvalue weighted by molar-refractivity contribution is 5.32. The number of nitrogens with one attached hydrogen (secondary N) is 1. The smallest absolute Gasteiger partial charge is 0.151 e. The Labute approximate surface area is 132 Å². The maximum atomic E-state index is 6.19. The van der Waals surface area contributed by atoms with Gasteiger partial charge in [-0.2, -0.15) is 0 Å². The first-order valence-corrected chi connectivity index (χ1v) is 7.31. The second-order valence-electron chi connectivity index (χ2n) is 4.96. The van der Waals surface area contributed by atoms with Crippen LogP contribution in [0.3, 0.4) is 0 Å². The molecule has 2 atom stereocenters. The molecule has 0 aliphatic carbocycles. The molecule has 118 valence electrons. The van der Waals surface area contributed by atoms with E-state index in [2.05, 4.69) is 17.4 Å². The van der Waals surface area contributed by atoms with Gasteiger partial charge in [-0.15, -0.1) is 0 Å². The third-order valence-corrected chi connectivity index (χ3v) is 3.50. The van der Waals surface area contributed by atoms with Crippen molar-refractivity contribution in [2.75, 3.05) is 27.8 Å². The van der Waals surface area contributed by atoms with Gasteiger partial charge in [0, 0.05) is 13.7 Å². The Morgan fingerprint density at radius 3 is 2.09 bits per heavy atom. The van der Waals surface area contributed by atoms with Crippen molar-refractivity contribution in [2.24, 2.45) is 0 Å². The molecule has 0 aromatic heterocycles. The lowest BCUT2D eigenvalue weighted by molar-refractivity contribution is 0.00258. The van der Waals surface area contributed by atoms with Gasteiger partial charge in [-0.05, 0) is 36.9 Å². The largest absolute Gasteiger partial charge is 0.497 e. The van der Waals surface area contributed by atoms with Crippen LogP contribution in [0.2, 0.25) is 0 Å². The van der Waals surface area contributed by atoms with Gasteiger partial charge in [0.15, 0.2) is 6.10 Å². The minimum atomic E-state index is -0.188. The van der Waals surface area contributed by atoms with E-state index in [4.69, 9.17) is 14.2 Å². The van der Waals surface area contributed by atoms with Crippen LogP contribution in [0.5, 0.6) is 11.5 Å². The van der Waals surface area contributed by atoms with E-state index in [-0.39, 0.29) is 12.2 Å². The summed E-state index contributed by atoms with van der Waals surface area (Å²) < 4.78 is 17.0. The van der Waals surface area contributed by atoms with Crippen LogP contribution >= 0.6 is 0 Å². The fraction of sp³-hybridized carbons (Fsp3) is 0.333. The average Bonchev–Trinajstić information content (AvgIpc) is 2.59. The first-order chi connectivity index (χ1) is 10.8. The second-order valence-corrected chi connectivity index (χ2v) is 4.96. The molecule has 0 bridgehead atoms. The van der Waals surface area contributed by atoms with Crippen molar-refractivity contribution in [3.8, 4) is 11.5 Å². The fourth-order valence-electron chi connectivity index (χ4n) is 2.32. The molecule has 22 heavy (non-hydrogen) atoms. The van der Waals surface area contributed by atoms with E-state index < -0.39 is 0 Å². The Hall–Kier alpha value is -2.04. The first kappa shape index (κ1) is 16.3. The van der Waals surface area contributed by atoms with E-state index in [0.717, 1.165) is 17.1 Å². The lowest BCUT2D eigenvalue weighted by Crippen LogP contribution is -2.34. The van der Waals surface area contributed by atoms with Crippen molar-refractivity contribution >= 4 is 0 Å². The molecule has 4 heteroatoms. The molecule has 0 heterocycles. The summed E-state index contributed by atoms with van der Waals surface area (Å²) in [4.78, 5) is 0. The summed E-state index contributed by atoms with van der Waals surface area (Å²) in [7, 11) is 5.26. The molecule has 2 unspecified atom stereocenters. The molecule has 0 aliphatic heterocycles. The third-order valence-electron chi connectivity index (χ3n) is 3.50. The topological polar surface area (TPSA) is 39.7 Å². The molecule has 0 saturated heterocycles. The van der Waals surface area contributed by atoms with Crippen LogP contribution in [0, 0.1) is 0 Å². The number of methoxy groups -OCH3 is 2. The molecule has 0 saturated carbocycles. The molecular formula is C18H23NO3. The number of hydrogen-bond donors (Lipinski definition) is 1. The van der Waals surface area contributed by atoms with E-state index >= 15 is 0 Å². The van der Waals surface area contributed by atoms with Crippen molar-refractivity contribution in [3.05, 3.63) is 60.2 Å². The number of likely N-dealkylation sites (N-methyl/N-ethyl adjacent to an activating group) is 1. The van der Waals surface area contributed by atoms with Crippen molar-refractivity contribution < 1.29 is 14.2 Å². The van der Waals surface area contributed by atoms with Crippen LogP contribution in [-0.4, -0.2) is 33.9 Å². The maximum absolute atomic E-state index is 6.19. The predicted molar refractivity (Wildman–Crippen MR) is 87.5 cm³/mol. The summed E-state index contributed by atoms with van der Waals surface area (Å²) in [5.41, 5.74) is 1.08. The van der Waals surface area contributed by atoms with Gasteiger partial charge in [0.05, 0.1) is 7.11 Å². The fourth-order valence-corrected chi connectivity index (χ4v) is 2.32. The van der Waals surface area contributed by atoms with Crippen LogP contribution in [0.15, 0.2) is 54.6 Å². The van der Waals surface area contributed by atoms with E-state index in [0.29, 0.717) is 6.54 Å². The van der Waals surface area contributed by atoms with Gasteiger partial charge in [-0.1, -0.05) is 30.3 Å². The summed E-state index contributed by atoms with van der Waals surface area (Å²) in [6, 6.07) is 17.7. The summed E-state index contributed by atoms with van der Waals surface area (Å²) >= 11 is 0. The van der Waals surface area contributed by atoms with Crippen LogP contribution in [0.4, 0.5) is 0 Å². The van der Waals surface area contributed by atoms with Gasteiger partial charge in [0.1, 0.15) is 17.6 Å². The average molecular weight is 301 g/mol. The van der Waals surface area contributed by atoms with Gasteiger partial charge in [0.2, 0.25) is 0 Å². The van der Waals surface area contributed by atoms with Crippen LogP contribution in [0.1, 0.15) is 11.7 Å². The Morgan fingerprint density at radius 1 is 0.909 bits per heavy atom. The Kier molecular flexibility index (Phi) is 6.25. The lowest BCUT2D eigenvalue weighted by Gasteiger charge is -2.27. The quantitative estimate of drug-likeness (QED) is 0.813. The SMILES string of the molecule is CNCC(OC)C(Oc1ccc(OC)cc1)c1ccccc1. The first-order valence-electron chi connectivity index (χ1n) is 7.31. The minimum Gasteiger partial charge on any atom is -0.497 e. The third kappa shape index (κ3) is 4.23. The normalized spacial score (nSPS) is 13.4. The zero-order valence-corrected chi connectivity index (χ0v) is 13.3. The Balaban J connectivity index is 2.23. The zero-order chi connectivity index (χ0) is 15.8. The maximum Gasteiger partial charge on any atom is 0.151 e. The van der Waals surface area contributed by atoms with E-state index in [9.17, 15) is 0 Å². The highest BCUT2D eigenvalue weighted by Crippen LogP contribution is 2.27. The standard InChI is InChI=1S/C18H23NO3/c1-19-13-17(21-3)18(14-7-5-4-6-8-14)22-16-11-9-15(20-2)10-12-16/h4-12,17-19H,13H2,1-3H3. The van der Waals surface area contributed by atoms with Crippen molar-refractivity contribution in [1.82, 2.24) is 5.32 Å². The van der Waals surface area contributed by atoms with Gasteiger partial charge < -0.3 is 19.5 Å². The number of ether oxygens (including phenoxy) is 3. The number of benzene rings is 2. The zero-order valence-electron chi connectivity index (χ0n) is 13.3. The molecule has 1 N–H and O–H groups in total. The second kappa shape index (κ2) is 8.41. The lowest BCUT2D eigenvalue weighted by atomic mass is 10.0. The van der Waals surface area contributed by atoms with E-state index in [1.807, 2.05) is 49.5 Å². The van der Waals surface area contributed by atoms with Crippen molar-refractivity contribution in [3.63, 3.8) is 0 Å². The molecule has 4 nitrogen and oxygen atoms in total. The number of rotatable bonds is 8. The minimum absolute atomic E-state index is 0.0884. The highest BCUT2D eigenvalue weighted by Gasteiger charge is 2.24. The summed E-state index contributed by atoms with van der Waals surface area (Å²) in [5, 5.41) is 3.15. The van der Waals surface area contributed by atoms with Crippen LogP contribution in [-0.2, 0) is 4.74 Å². The predicted octanol–water partition coefficient (Wildman–Crippen LogP) is 3.05. The van der Waals surface area contributed by atoms with Gasteiger partial charge in [0.25, 0.3) is 0 Å². The van der Waals surface area contributed by atoms with E-state index in [1.54, 1.807) is 14.2 Å². The molecular weight excluding hydrogens is 278 g/mol. The highest BCUT2D eigenvalue weighted by atomic mass is 16.5. The summed E-state index contributed by atoms with van der Waals surface area (Å²) in [6.45, 7) is 0.701.